The van der Waals surface area contributed by atoms with Gasteiger partial charge in [-0.3, -0.25) is 4.79 Å². The predicted molar refractivity (Wildman–Crippen MR) is 99.9 cm³/mol. The fraction of sp³-hybridized carbons (Fsp3) is 0.444. The van der Waals surface area contributed by atoms with Crippen molar-refractivity contribution in [1.82, 2.24) is 14.5 Å². The highest BCUT2D eigenvalue weighted by Crippen LogP contribution is 2.25. The van der Waals surface area contributed by atoms with Crippen LogP contribution in [0.5, 0.6) is 0 Å². The number of carbonyl (C=O) groups is 1. The van der Waals surface area contributed by atoms with Crippen LogP contribution in [-0.2, 0) is 18.3 Å². The van der Waals surface area contributed by atoms with E-state index in [1.165, 1.54) is 5.56 Å². The Hall–Kier alpha value is -2.05. The average molecular weight is 362 g/mol. The summed E-state index contributed by atoms with van der Waals surface area (Å²) in [6.45, 7) is 4.98. The van der Waals surface area contributed by atoms with E-state index in [1.54, 1.807) is 12.5 Å². The minimum atomic E-state index is -0.533. The van der Waals surface area contributed by atoms with Crippen molar-refractivity contribution in [2.45, 2.75) is 19.4 Å². The third kappa shape index (κ3) is 3.96. The fourth-order valence-corrected chi connectivity index (χ4v) is 3.39. The molecule has 1 aliphatic heterocycles. The molecule has 1 aromatic carbocycles. The zero-order valence-corrected chi connectivity index (χ0v) is 15.4. The number of carbonyl (C=O) groups excluding carboxylic acids is 1. The zero-order chi connectivity index (χ0) is 18.0. The number of piperazine rings is 1. The summed E-state index contributed by atoms with van der Waals surface area (Å²) in [5.41, 5.74) is 9.43. The molecule has 0 radical (unpaired) electrons. The third-order valence-corrected chi connectivity index (χ3v) is 5.00. The van der Waals surface area contributed by atoms with E-state index in [1.807, 2.05) is 34.7 Å². The number of nitrogens with two attached hydrogens (primary N) is 1. The Morgan fingerprint density at radius 2 is 2.04 bits per heavy atom. The van der Waals surface area contributed by atoms with E-state index < -0.39 is 6.04 Å². The Bertz CT molecular complexity index is 752. The molecule has 1 amide bonds. The number of aromatic nitrogens is 2. The lowest BCUT2D eigenvalue weighted by atomic mass is 10.1. The predicted octanol–water partition coefficient (Wildman–Crippen LogP) is 1.60. The average Bonchev–Trinajstić information content (AvgIpc) is 3.01. The van der Waals surface area contributed by atoms with Crippen molar-refractivity contribution in [3.8, 4) is 0 Å². The second-order valence-corrected chi connectivity index (χ2v) is 6.99. The van der Waals surface area contributed by atoms with E-state index in [4.69, 9.17) is 17.3 Å². The molecule has 0 bridgehead atoms. The van der Waals surface area contributed by atoms with Gasteiger partial charge in [0.1, 0.15) is 0 Å². The van der Waals surface area contributed by atoms with Crippen molar-refractivity contribution in [2.75, 3.05) is 31.1 Å². The van der Waals surface area contributed by atoms with E-state index in [-0.39, 0.29) is 5.91 Å². The molecule has 25 heavy (non-hydrogen) atoms. The van der Waals surface area contributed by atoms with Crippen LogP contribution in [0.3, 0.4) is 0 Å². The summed E-state index contributed by atoms with van der Waals surface area (Å²) >= 11 is 6.12. The molecule has 1 saturated heterocycles. The number of hydrogen-bond donors (Lipinski definition) is 1. The Balaban J connectivity index is 1.59. The Labute approximate surface area is 153 Å². The van der Waals surface area contributed by atoms with E-state index >= 15 is 0 Å². The SMILES string of the molecule is Cc1ccc(Cl)cc1N1CCN(C(=O)C(N)Cc2cncn2C)CC1. The number of anilines is 1. The smallest absolute Gasteiger partial charge is 0.240 e. The van der Waals surface area contributed by atoms with Crippen molar-refractivity contribution in [2.24, 2.45) is 12.8 Å². The maximum absolute atomic E-state index is 12.6. The van der Waals surface area contributed by atoms with Gasteiger partial charge in [0.15, 0.2) is 0 Å². The molecular formula is C18H24ClN5O. The summed E-state index contributed by atoms with van der Waals surface area (Å²) in [4.78, 5) is 20.8. The molecule has 1 unspecified atom stereocenters. The molecule has 1 fully saturated rings. The molecule has 0 spiro atoms. The molecule has 0 aliphatic carbocycles. The number of halogens is 1. The normalized spacial score (nSPS) is 16.2. The fourth-order valence-electron chi connectivity index (χ4n) is 3.22. The molecule has 2 heterocycles. The van der Waals surface area contributed by atoms with Gasteiger partial charge in [0.05, 0.1) is 12.4 Å². The highest BCUT2D eigenvalue weighted by molar-refractivity contribution is 6.30. The molecule has 134 valence electrons. The monoisotopic (exact) mass is 361 g/mol. The lowest BCUT2D eigenvalue weighted by Gasteiger charge is -2.37. The Morgan fingerprint density at radius 3 is 2.68 bits per heavy atom. The van der Waals surface area contributed by atoms with Crippen molar-refractivity contribution in [1.29, 1.82) is 0 Å². The van der Waals surface area contributed by atoms with Gasteiger partial charge in [-0.15, -0.1) is 0 Å². The number of amides is 1. The van der Waals surface area contributed by atoms with E-state index in [0.717, 1.165) is 29.5 Å². The topological polar surface area (TPSA) is 67.4 Å². The number of nitrogens with zero attached hydrogens (tertiary/aromatic N) is 4. The van der Waals surface area contributed by atoms with Crippen LogP contribution < -0.4 is 10.6 Å². The van der Waals surface area contributed by atoms with Crippen LogP contribution in [0.4, 0.5) is 5.69 Å². The molecule has 2 aromatic rings. The van der Waals surface area contributed by atoms with Crippen LogP contribution in [0.25, 0.3) is 0 Å². The van der Waals surface area contributed by atoms with Gasteiger partial charge in [-0.1, -0.05) is 17.7 Å². The summed E-state index contributed by atoms with van der Waals surface area (Å²) in [6, 6.07) is 5.38. The van der Waals surface area contributed by atoms with Crippen molar-refractivity contribution >= 4 is 23.2 Å². The maximum atomic E-state index is 12.6. The Kier molecular flexibility index (Phi) is 5.30. The summed E-state index contributed by atoms with van der Waals surface area (Å²) in [5.74, 6) is 0.00339. The second-order valence-electron chi connectivity index (χ2n) is 6.55. The maximum Gasteiger partial charge on any atom is 0.240 e. The minimum Gasteiger partial charge on any atom is -0.368 e. The van der Waals surface area contributed by atoms with Crippen LogP contribution in [0.15, 0.2) is 30.7 Å². The lowest BCUT2D eigenvalue weighted by Crippen LogP contribution is -2.53. The van der Waals surface area contributed by atoms with Crippen molar-refractivity contribution in [3.63, 3.8) is 0 Å². The molecule has 2 N–H and O–H groups in total. The summed E-state index contributed by atoms with van der Waals surface area (Å²) in [6.07, 6.45) is 3.98. The molecule has 1 aromatic heterocycles. The van der Waals surface area contributed by atoms with Crippen LogP contribution >= 0.6 is 11.6 Å². The van der Waals surface area contributed by atoms with Gasteiger partial charge in [-0.2, -0.15) is 0 Å². The molecular weight excluding hydrogens is 338 g/mol. The first-order valence-corrected chi connectivity index (χ1v) is 8.84. The molecule has 7 heteroatoms. The van der Waals surface area contributed by atoms with Gasteiger partial charge < -0.3 is 20.1 Å². The highest BCUT2D eigenvalue weighted by Gasteiger charge is 2.26. The highest BCUT2D eigenvalue weighted by atomic mass is 35.5. The number of hydrogen-bond acceptors (Lipinski definition) is 4. The third-order valence-electron chi connectivity index (χ3n) is 4.77. The standard InChI is InChI=1S/C18H24ClN5O/c1-13-3-4-14(19)9-17(13)23-5-7-24(8-6-23)18(25)16(20)10-15-11-21-12-22(15)2/h3-4,9,11-12,16H,5-8,10,20H2,1-2H3. The van der Waals surface area contributed by atoms with Crippen LogP contribution in [0, 0.1) is 6.92 Å². The van der Waals surface area contributed by atoms with Crippen LogP contribution in [0.2, 0.25) is 5.02 Å². The van der Waals surface area contributed by atoms with E-state index in [9.17, 15) is 4.79 Å². The van der Waals surface area contributed by atoms with Gasteiger partial charge in [0.2, 0.25) is 5.91 Å². The minimum absolute atomic E-state index is 0.00339. The van der Waals surface area contributed by atoms with E-state index in [2.05, 4.69) is 16.8 Å². The summed E-state index contributed by atoms with van der Waals surface area (Å²) in [7, 11) is 1.91. The quantitative estimate of drug-likeness (QED) is 0.898. The first kappa shape index (κ1) is 17.8. The van der Waals surface area contributed by atoms with Gasteiger partial charge in [-0.05, 0) is 24.6 Å². The van der Waals surface area contributed by atoms with E-state index in [0.29, 0.717) is 19.5 Å². The number of aryl methyl sites for hydroxylation is 2. The molecule has 6 nitrogen and oxygen atoms in total. The van der Waals surface area contributed by atoms with Crippen molar-refractivity contribution in [3.05, 3.63) is 47.0 Å². The largest absolute Gasteiger partial charge is 0.368 e. The van der Waals surface area contributed by atoms with Crippen molar-refractivity contribution < 1.29 is 4.79 Å². The van der Waals surface area contributed by atoms with Gasteiger partial charge in [0, 0.05) is 62.2 Å². The van der Waals surface area contributed by atoms with Crippen LogP contribution in [-0.4, -0.2) is 52.6 Å². The molecule has 1 aliphatic rings. The Morgan fingerprint density at radius 1 is 1.32 bits per heavy atom. The summed E-state index contributed by atoms with van der Waals surface area (Å²) < 4.78 is 1.90. The van der Waals surface area contributed by atoms with Gasteiger partial charge in [-0.25, -0.2) is 4.98 Å². The lowest BCUT2D eigenvalue weighted by molar-refractivity contribution is -0.132. The van der Waals surface area contributed by atoms with Gasteiger partial charge in [0.25, 0.3) is 0 Å². The first-order chi connectivity index (χ1) is 12.0. The van der Waals surface area contributed by atoms with Crippen LogP contribution in [0.1, 0.15) is 11.3 Å². The molecule has 3 rings (SSSR count). The second kappa shape index (κ2) is 7.45. The summed E-state index contributed by atoms with van der Waals surface area (Å²) in [5, 5.41) is 0.734. The number of imidazole rings is 1. The molecule has 0 saturated carbocycles. The molecule has 1 atom stereocenters. The number of rotatable bonds is 4. The number of benzene rings is 1. The zero-order valence-electron chi connectivity index (χ0n) is 14.7. The van der Waals surface area contributed by atoms with Gasteiger partial charge >= 0.3 is 0 Å². The first-order valence-electron chi connectivity index (χ1n) is 8.46.